The van der Waals surface area contributed by atoms with Crippen molar-refractivity contribution in [3.63, 3.8) is 0 Å². The number of ether oxygens (including phenoxy) is 1. The van der Waals surface area contributed by atoms with Crippen LogP contribution in [-0.2, 0) is 4.74 Å². The van der Waals surface area contributed by atoms with Gasteiger partial charge in [0.25, 0.3) is 0 Å². The number of rotatable bonds is 2. The van der Waals surface area contributed by atoms with E-state index in [1.165, 1.54) is 45.3 Å². The van der Waals surface area contributed by atoms with E-state index in [1.54, 1.807) is 0 Å². The van der Waals surface area contributed by atoms with Crippen molar-refractivity contribution in [2.45, 2.75) is 32.6 Å². The van der Waals surface area contributed by atoms with Crippen molar-refractivity contribution in [2.75, 3.05) is 32.8 Å². The molecule has 0 atom stereocenters. The lowest BCUT2D eigenvalue weighted by Gasteiger charge is -2.53. The molecule has 0 aromatic carbocycles. The van der Waals surface area contributed by atoms with Gasteiger partial charge in [0, 0.05) is 38.3 Å². The van der Waals surface area contributed by atoms with Crippen molar-refractivity contribution in [3.8, 4) is 0 Å². The first-order chi connectivity index (χ1) is 6.70. The zero-order valence-corrected chi connectivity index (χ0v) is 9.22. The van der Waals surface area contributed by atoms with Gasteiger partial charge in [-0.15, -0.1) is 0 Å². The molecule has 0 N–H and O–H groups in total. The van der Waals surface area contributed by atoms with Crippen molar-refractivity contribution < 1.29 is 4.74 Å². The quantitative estimate of drug-likeness (QED) is 0.667. The van der Waals surface area contributed by atoms with Gasteiger partial charge in [-0.1, -0.05) is 6.92 Å². The number of likely N-dealkylation sites (tertiary alicyclic amines) is 1. The molecule has 1 saturated carbocycles. The highest BCUT2D eigenvalue weighted by molar-refractivity contribution is 5.00. The maximum absolute atomic E-state index is 5.43. The molecule has 1 aliphatic carbocycles. The van der Waals surface area contributed by atoms with Gasteiger partial charge in [-0.25, -0.2) is 0 Å². The fourth-order valence-electron chi connectivity index (χ4n) is 3.05. The SMILES string of the molecule is CC1(CN2CC3(CCOCC3)C2)CC1. The van der Waals surface area contributed by atoms with Crippen molar-refractivity contribution in [3.05, 3.63) is 0 Å². The molecule has 2 heteroatoms. The Kier molecular flexibility index (Phi) is 1.94. The molecule has 2 saturated heterocycles. The lowest BCUT2D eigenvalue weighted by molar-refractivity contribution is -0.0857. The van der Waals surface area contributed by atoms with Gasteiger partial charge in [-0.3, -0.25) is 0 Å². The summed E-state index contributed by atoms with van der Waals surface area (Å²) in [5.74, 6) is 0. The first-order valence-electron chi connectivity index (χ1n) is 6.00. The lowest BCUT2D eigenvalue weighted by Crippen LogP contribution is -2.59. The van der Waals surface area contributed by atoms with E-state index < -0.39 is 0 Å². The number of hydrogen-bond acceptors (Lipinski definition) is 2. The fourth-order valence-corrected chi connectivity index (χ4v) is 3.05. The number of nitrogens with zero attached hydrogens (tertiary/aromatic N) is 1. The van der Waals surface area contributed by atoms with Gasteiger partial charge in [-0.2, -0.15) is 0 Å². The fraction of sp³-hybridized carbons (Fsp3) is 1.00. The lowest BCUT2D eigenvalue weighted by atomic mass is 9.73. The van der Waals surface area contributed by atoms with Crippen LogP contribution < -0.4 is 0 Å². The van der Waals surface area contributed by atoms with E-state index in [0.29, 0.717) is 10.8 Å². The average molecular weight is 195 g/mol. The summed E-state index contributed by atoms with van der Waals surface area (Å²) in [5.41, 5.74) is 1.37. The summed E-state index contributed by atoms with van der Waals surface area (Å²) in [6, 6.07) is 0. The largest absolute Gasteiger partial charge is 0.381 e. The summed E-state index contributed by atoms with van der Waals surface area (Å²) in [4.78, 5) is 2.66. The van der Waals surface area contributed by atoms with Gasteiger partial charge >= 0.3 is 0 Å². The molecule has 14 heavy (non-hydrogen) atoms. The van der Waals surface area contributed by atoms with Crippen LogP contribution >= 0.6 is 0 Å². The molecule has 0 aromatic rings. The Labute approximate surface area is 86.6 Å². The third-order valence-electron chi connectivity index (χ3n) is 4.38. The predicted molar refractivity (Wildman–Crippen MR) is 56.3 cm³/mol. The second kappa shape index (κ2) is 2.96. The van der Waals surface area contributed by atoms with Crippen LogP contribution in [0.1, 0.15) is 32.6 Å². The van der Waals surface area contributed by atoms with Gasteiger partial charge < -0.3 is 9.64 Å². The van der Waals surface area contributed by atoms with Crippen molar-refractivity contribution >= 4 is 0 Å². The summed E-state index contributed by atoms with van der Waals surface area (Å²) in [7, 11) is 0. The molecule has 1 spiro atoms. The van der Waals surface area contributed by atoms with E-state index in [2.05, 4.69) is 11.8 Å². The highest BCUT2D eigenvalue weighted by Crippen LogP contribution is 2.49. The molecule has 0 unspecified atom stereocenters. The summed E-state index contributed by atoms with van der Waals surface area (Å²) in [6.07, 6.45) is 5.53. The Morgan fingerprint density at radius 3 is 2.29 bits per heavy atom. The normalized spacial score (nSPS) is 34.1. The smallest absolute Gasteiger partial charge is 0.0472 e. The Morgan fingerprint density at radius 1 is 1.07 bits per heavy atom. The third kappa shape index (κ3) is 1.59. The molecule has 3 fully saturated rings. The van der Waals surface area contributed by atoms with Crippen LogP contribution in [0.3, 0.4) is 0 Å². The van der Waals surface area contributed by atoms with Crippen molar-refractivity contribution in [1.29, 1.82) is 0 Å². The van der Waals surface area contributed by atoms with Crippen LogP contribution in [0, 0.1) is 10.8 Å². The van der Waals surface area contributed by atoms with E-state index in [-0.39, 0.29) is 0 Å². The minimum atomic E-state index is 0.670. The highest BCUT2D eigenvalue weighted by Gasteiger charge is 2.48. The van der Waals surface area contributed by atoms with Gasteiger partial charge in [0.15, 0.2) is 0 Å². The topological polar surface area (TPSA) is 12.5 Å². The first kappa shape index (κ1) is 9.17. The van der Waals surface area contributed by atoms with E-state index in [0.717, 1.165) is 13.2 Å². The van der Waals surface area contributed by atoms with Gasteiger partial charge in [0.2, 0.25) is 0 Å². The minimum Gasteiger partial charge on any atom is -0.381 e. The van der Waals surface area contributed by atoms with E-state index >= 15 is 0 Å². The first-order valence-corrected chi connectivity index (χ1v) is 6.00. The van der Waals surface area contributed by atoms with E-state index in [4.69, 9.17) is 4.74 Å². The summed E-state index contributed by atoms with van der Waals surface area (Å²) >= 11 is 0. The van der Waals surface area contributed by atoms with Crippen LogP contribution in [0.15, 0.2) is 0 Å². The molecule has 0 radical (unpaired) electrons. The molecule has 2 nitrogen and oxygen atoms in total. The van der Waals surface area contributed by atoms with Crippen LogP contribution in [0.5, 0.6) is 0 Å². The summed E-state index contributed by atoms with van der Waals surface area (Å²) < 4.78 is 5.43. The molecule has 0 amide bonds. The standard InChI is InChI=1S/C12H21NO/c1-11(2-3-11)8-13-9-12(10-13)4-6-14-7-5-12/h2-10H2,1H3. The zero-order valence-electron chi connectivity index (χ0n) is 9.22. The van der Waals surface area contributed by atoms with E-state index in [9.17, 15) is 0 Å². The molecule has 2 heterocycles. The maximum atomic E-state index is 5.43. The van der Waals surface area contributed by atoms with Crippen LogP contribution in [0.4, 0.5) is 0 Å². The Balaban J connectivity index is 1.49. The van der Waals surface area contributed by atoms with Crippen LogP contribution in [0.2, 0.25) is 0 Å². The zero-order chi connectivity index (χ0) is 9.65. The van der Waals surface area contributed by atoms with Crippen molar-refractivity contribution in [2.24, 2.45) is 10.8 Å². The van der Waals surface area contributed by atoms with Gasteiger partial charge in [0.05, 0.1) is 0 Å². The Bertz CT molecular complexity index is 220. The van der Waals surface area contributed by atoms with E-state index in [1.807, 2.05) is 0 Å². The average Bonchev–Trinajstić information content (AvgIpc) is 2.83. The monoisotopic (exact) mass is 195 g/mol. The van der Waals surface area contributed by atoms with Gasteiger partial charge in [-0.05, 0) is 31.1 Å². The van der Waals surface area contributed by atoms with Crippen LogP contribution in [0.25, 0.3) is 0 Å². The van der Waals surface area contributed by atoms with Crippen LogP contribution in [-0.4, -0.2) is 37.7 Å². The molecular weight excluding hydrogens is 174 g/mol. The predicted octanol–water partition coefficient (Wildman–Crippen LogP) is 1.90. The molecule has 0 aromatic heterocycles. The Hall–Kier alpha value is -0.0800. The number of hydrogen-bond donors (Lipinski definition) is 0. The molecule has 3 aliphatic rings. The Morgan fingerprint density at radius 2 is 1.71 bits per heavy atom. The second-order valence-electron chi connectivity index (χ2n) is 6.07. The van der Waals surface area contributed by atoms with Crippen molar-refractivity contribution in [1.82, 2.24) is 4.90 Å². The molecular formula is C12H21NO. The van der Waals surface area contributed by atoms with Gasteiger partial charge in [0.1, 0.15) is 0 Å². The third-order valence-corrected chi connectivity index (χ3v) is 4.38. The molecule has 3 rings (SSSR count). The minimum absolute atomic E-state index is 0.670. The molecule has 2 aliphatic heterocycles. The molecule has 80 valence electrons. The summed E-state index contributed by atoms with van der Waals surface area (Å²) in [5, 5.41) is 0. The maximum Gasteiger partial charge on any atom is 0.0472 e. The molecule has 0 bridgehead atoms. The summed E-state index contributed by atoms with van der Waals surface area (Å²) in [6.45, 7) is 8.51. The second-order valence-corrected chi connectivity index (χ2v) is 6.07. The highest BCUT2D eigenvalue weighted by atomic mass is 16.5.